The van der Waals surface area contributed by atoms with Gasteiger partial charge < -0.3 is 14.8 Å². The molecule has 0 aromatic heterocycles. The average molecular weight is 224 g/mol. The molecule has 1 atom stereocenters. The van der Waals surface area contributed by atoms with Crippen molar-refractivity contribution in [3.63, 3.8) is 0 Å². The molecule has 0 aliphatic heterocycles. The van der Waals surface area contributed by atoms with Crippen molar-refractivity contribution in [2.75, 3.05) is 40.0 Å². The van der Waals surface area contributed by atoms with E-state index in [1.54, 1.807) is 7.11 Å². The monoisotopic (exact) mass is 223 g/mol. The quantitative estimate of drug-likeness (QED) is 0.451. The molecule has 86 valence electrons. The number of rotatable bonds is 10. The van der Waals surface area contributed by atoms with Crippen molar-refractivity contribution < 1.29 is 9.47 Å². The molecular formula is C10H22ClNO2. The average Bonchev–Trinajstić information content (AvgIpc) is 2.17. The Morgan fingerprint density at radius 1 is 1.36 bits per heavy atom. The molecule has 4 heteroatoms. The maximum absolute atomic E-state index is 5.92. The van der Waals surface area contributed by atoms with Crippen LogP contribution in [-0.2, 0) is 9.47 Å². The summed E-state index contributed by atoms with van der Waals surface area (Å²) in [5.41, 5.74) is 0. The number of halogens is 1. The van der Waals surface area contributed by atoms with Gasteiger partial charge in [-0.05, 0) is 6.42 Å². The summed E-state index contributed by atoms with van der Waals surface area (Å²) in [6.07, 6.45) is 2.33. The van der Waals surface area contributed by atoms with E-state index in [1.807, 2.05) is 0 Å². The van der Waals surface area contributed by atoms with E-state index in [-0.39, 0.29) is 5.38 Å². The second-order valence-electron chi connectivity index (χ2n) is 3.22. The molecule has 0 aromatic carbocycles. The molecule has 0 radical (unpaired) electrons. The normalized spacial score (nSPS) is 13.1. The highest BCUT2D eigenvalue weighted by atomic mass is 35.5. The Morgan fingerprint density at radius 2 is 2.14 bits per heavy atom. The van der Waals surface area contributed by atoms with Gasteiger partial charge in [-0.2, -0.15) is 0 Å². The number of nitrogens with one attached hydrogen (secondary N) is 1. The number of ether oxygens (including phenoxy) is 2. The summed E-state index contributed by atoms with van der Waals surface area (Å²) in [6, 6.07) is 0. The van der Waals surface area contributed by atoms with Crippen molar-refractivity contribution in [1.29, 1.82) is 0 Å². The Bertz CT molecular complexity index is 114. The van der Waals surface area contributed by atoms with Gasteiger partial charge in [0.15, 0.2) is 0 Å². The van der Waals surface area contributed by atoms with Gasteiger partial charge >= 0.3 is 0 Å². The molecule has 0 fully saturated rings. The molecule has 1 unspecified atom stereocenters. The first-order chi connectivity index (χ1) is 6.81. The molecule has 14 heavy (non-hydrogen) atoms. The van der Waals surface area contributed by atoms with E-state index in [9.17, 15) is 0 Å². The Hall–Kier alpha value is 0.170. The fourth-order valence-corrected chi connectivity index (χ4v) is 1.23. The Kier molecular flexibility index (Phi) is 11.4. The summed E-state index contributed by atoms with van der Waals surface area (Å²) in [5.74, 6) is 0. The maximum atomic E-state index is 5.92. The van der Waals surface area contributed by atoms with Gasteiger partial charge in [-0.1, -0.05) is 13.3 Å². The number of hydrogen-bond acceptors (Lipinski definition) is 3. The number of unbranched alkanes of at least 4 members (excludes halogenated alkanes) is 1. The molecule has 0 saturated heterocycles. The minimum atomic E-state index is 0.0515. The molecule has 0 rings (SSSR count). The maximum Gasteiger partial charge on any atom is 0.0693 e. The van der Waals surface area contributed by atoms with E-state index < -0.39 is 0 Å². The van der Waals surface area contributed by atoms with Gasteiger partial charge in [-0.15, -0.1) is 11.6 Å². The van der Waals surface area contributed by atoms with E-state index in [1.165, 1.54) is 6.42 Å². The first-order valence-electron chi connectivity index (χ1n) is 5.22. The van der Waals surface area contributed by atoms with Crippen LogP contribution in [0, 0.1) is 0 Å². The van der Waals surface area contributed by atoms with Crippen LogP contribution in [0.3, 0.4) is 0 Å². The summed E-state index contributed by atoms with van der Waals surface area (Å²) in [7, 11) is 1.66. The van der Waals surface area contributed by atoms with E-state index >= 15 is 0 Å². The first kappa shape index (κ1) is 14.2. The van der Waals surface area contributed by atoms with Gasteiger partial charge in [0.2, 0.25) is 0 Å². The second kappa shape index (κ2) is 11.2. The third-order valence-electron chi connectivity index (χ3n) is 1.78. The van der Waals surface area contributed by atoms with Gasteiger partial charge in [-0.3, -0.25) is 0 Å². The van der Waals surface area contributed by atoms with Gasteiger partial charge in [0.05, 0.1) is 18.6 Å². The topological polar surface area (TPSA) is 30.5 Å². The molecule has 0 spiro atoms. The van der Waals surface area contributed by atoms with Gasteiger partial charge in [0.25, 0.3) is 0 Å². The molecule has 3 nitrogen and oxygen atoms in total. The van der Waals surface area contributed by atoms with Crippen LogP contribution in [-0.4, -0.2) is 45.4 Å². The summed E-state index contributed by atoms with van der Waals surface area (Å²) in [4.78, 5) is 0. The molecule has 0 amide bonds. The third-order valence-corrected chi connectivity index (χ3v) is 2.06. The van der Waals surface area contributed by atoms with E-state index in [0.29, 0.717) is 6.61 Å². The molecule has 0 bridgehead atoms. The zero-order valence-corrected chi connectivity index (χ0v) is 9.98. The van der Waals surface area contributed by atoms with Gasteiger partial charge in [-0.25, -0.2) is 0 Å². The van der Waals surface area contributed by atoms with Crippen molar-refractivity contribution in [1.82, 2.24) is 5.32 Å². The van der Waals surface area contributed by atoms with Crippen molar-refractivity contribution in [3.8, 4) is 0 Å². The largest absolute Gasteiger partial charge is 0.383 e. The molecule has 1 N–H and O–H groups in total. The molecule has 0 saturated carbocycles. The number of alkyl halides is 1. The van der Waals surface area contributed by atoms with Crippen LogP contribution in [0.5, 0.6) is 0 Å². The van der Waals surface area contributed by atoms with Crippen molar-refractivity contribution >= 4 is 11.6 Å². The van der Waals surface area contributed by atoms with E-state index in [4.69, 9.17) is 21.1 Å². The standard InChI is InChI=1S/C10H22ClNO2/c1-3-4-6-14-7-5-12-8-10(11)9-13-2/h10,12H,3-9H2,1-2H3. The van der Waals surface area contributed by atoms with Gasteiger partial charge in [0, 0.05) is 26.8 Å². The molecule has 0 aliphatic carbocycles. The second-order valence-corrected chi connectivity index (χ2v) is 3.84. The molecule has 0 aromatic rings. The Balaban J connectivity index is 2.98. The van der Waals surface area contributed by atoms with Crippen LogP contribution in [0.4, 0.5) is 0 Å². The highest BCUT2D eigenvalue weighted by Gasteiger charge is 2.01. The molecule has 0 aliphatic rings. The summed E-state index contributed by atoms with van der Waals surface area (Å²) >= 11 is 5.92. The third kappa shape index (κ3) is 10.3. The lowest BCUT2D eigenvalue weighted by Gasteiger charge is -2.09. The van der Waals surface area contributed by atoms with Crippen LogP contribution in [0.2, 0.25) is 0 Å². The predicted molar refractivity (Wildman–Crippen MR) is 60.1 cm³/mol. The summed E-state index contributed by atoms with van der Waals surface area (Å²) in [6.45, 7) is 6.00. The fraction of sp³-hybridized carbons (Fsp3) is 1.00. The van der Waals surface area contributed by atoms with Crippen LogP contribution in [0.15, 0.2) is 0 Å². The van der Waals surface area contributed by atoms with Crippen molar-refractivity contribution in [2.45, 2.75) is 25.1 Å². The Morgan fingerprint density at radius 3 is 2.79 bits per heavy atom. The van der Waals surface area contributed by atoms with E-state index in [0.717, 1.165) is 32.7 Å². The highest BCUT2D eigenvalue weighted by molar-refractivity contribution is 6.20. The number of methoxy groups -OCH3 is 1. The molecule has 0 heterocycles. The minimum absolute atomic E-state index is 0.0515. The predicted octanol–water partition coefficient (Wildman–Crippen LogP) is 1.65. The van der Waals surface area contributed by atoms with Crippen LogP contribution in [0.25, 0.3) is 0 Å². The van der Waals surface area contributed by atoms with Crippen LogP contribution in [0.1, 0.15) is 19.8 Å². The lowest BCUT2D eigenvalue weighted by atomic mass is 10.4. The lowest BCUT2D eigenvalue weighted by molar-refractivity contribution is 0.132. The van der Waals surface area contributed by atoms with Crippen molar-refractivity contribution in [3.05, 3.63) is 0 Å². The summed E-state index contributed by atoms with van der Waals surface area (Å²) < 4.78 is 10.3. The SMILES string of the molecule is CCCCOCCNCC(Cl)COC. The smallest absolute Gasteiger partial charge is 0.0693 e. The van der Waals surface area contributed by atoms with Crippen LogP contribution < -0.4 is 5.32 Å². The highest BCUT2D eigenvalue weighted by Crippen LogP contribution is 1.93. The van der Waals surface area contributed by atoms with Crippen LogP contribution >= 0.6 is 11.6 Å². The Labute approximate surface area is 92.1 Å². The zero-order chi connectivity index (χ0) is 10.6. The number of hydrogen-bond donors (Lipinski definition) is 1. The fourth-order valence-electron chi connectivity index (χ4n) is 0.991. The molecular weight excluding hydrogens is 202 g/mol. The van der Waals surface area contributed by atoms with Crippen molar-refractivity contribution in [2.24, 2.45) is 0 Å². The summed E-state index contributed by atoms with van der Waals surface area (Å²) in [5, 5.41) is 3.26. The zero-order valence-electron chi connectivity index (χ0n) is 9.22. The van der Waals surface area contributed by atoms with Gasteiger partial charge in [0.1, 0.15) is 0 Å². The lowest BCUT2D eigenvalue weighted by Crippen LogP contribution is -2.29. The van der Waals surface area contributed by atoms with E-state index in [2.05, 4.69) is 12.2 Å². The first-order valence-corrected chi connectivity index (χ1v) is 5.66. The minimum Gasteiger partial charge on any atom is -0.383 e.